The van der Waals surface area contributed by atoms with Gasteiger partial charge in [-0.25, -0.2) is 4.99 Å². The molecule has 1 aromatic heterocycles. The van der Waals surface area contributed by atoms with Crippen LogP contribution in [0.25, 0.3) is 11.3 Å². The van der Waals surface area contributed by atoms with Gasteiger partial charge in [-0.05, 0) is 49.1 Å². The van der Waals surface area contributed by atoms with Crippen LogP contribution in [0.3, 0.4) is 0 Å². The van der Waals surface area contributed by atoms with E-state index in [1.807, 2.05) is 42.5 Å². The molecule has 152 valence electrons. The van der Waals surface area contributed by atoms with E-state index in [1.165, 1.54) is 6.42 Å². The quantitative estimate of drug-likeness (QED) is 0.305. The molecule has 0 aliphatic carbocycles. The second kappa shape index (κ2) is 9.65. The van der Waals surface area contributed by atoms with Gasteiger partial charge >= 0.3 is 0 Å². The minimum Gasteiger partial charge on any atom is -0.314 e. The molecule has 0 saturated carbocycles. The van der Waals surface area contributed by atoms with Crippen molar-refractivity contribution in [1.29, 1.82) is 0 Å². The fourth-order valence-electron chi connectivity index (χ4n) is 3.36. The van der Waals surface area contributed by atoms with E-state index in [4.69, 9.17) is 4.99 Å². The predicted molar refractivity (Wildman–Crippen MR) is 119 cm³/mol. The highest BCUT2D eigenvalue weighted by atomic mass is 32.1. The Kier molecular flexibility index (Phi) is 6.99. The summed E-state index contributed by atoms with van der Waals surface area (Å²) in [4.78, 5) is 16.4. The van der Waals surface area contributed by atoms with Crippen molar-refractivity contribution in [2.45, 2.75) is 46.1 Å². The van der Waals surface area contributed by atoms with Gasteiger partial charge in [-0.3, -0.25) is 10.1 Å². The van der Waals surface area contributed by atoms with Gasteiger partial charge in [0.05, 0.1) is 16.3 Å². The number of thiazole rings is 1. The number of rotatable bonds is 8. The molecule has 0 N–H and O–H groups in total. The predicted octanol–water partition coefficient (Wildman–Crippen LogP) is 6.74. The highest BCUT2D eigenvalue weighted by Gasteiger charge is 2.15. The van der Waals surface area contributed by atoms with Crippen LogP contribution in [0.15, 0.2) is 65.0 Å². The van der Waals surface area contributed by atoms with Gasteiger partial charge in [0.2, 0.25) is 0 Å². The Bertz CT molecular complexity index is 1000. The van der Waals surface area contributed by atoms with Crippen molar-refractivity contribution in [3.63, 3.8) is 0 Å². The van der Waals surface area contributed by atoms with Gasteiger partial charge in [0, 0.05) is 23.6 Å². The van der Waals surface area contributed by atoms with Crippen LogP contribution in [-0.2, 0) is 0 Å². The van der Waals surface area contributed by atoms with Gasteiger partial charge in [-0.1, -0.05) is 44.9 Å². The van der Waals surface area contributed by atoms with Crippen molar-refractivity contribution >= 4 is 22.7 Å². The SMILES string of the molecule is CC(C)CCCC(C)n1c(-c2ccc([N+](=O)[O-])cc2)csc1=Nc1ccccc1. The summed E-state index contributed by atoms with van der Waals surface area (Å²) < 4.78 is 2.28. The average Bonchev–Trinajstić information content (AvgIpc) is 3.12. The summed E-state index contributed by atoms with van der Waals surface area (Å²) in [5, 5.41) is 13.1. The molecule has 0 bridgehead atoms. The van der Waals surface area contributed by atoms with Gasteiger partial charge in [-0.15, -0.1) is 11.3 Å². The monoisotopic (exact) mass is 409 g/mol. The largest absolute Gasteiger partial charge is 0.314 e. The van der Waals surface area contributed by atoms with Gasteiger partial charge in [-0.2, -0.15) is 0 Å². The highest BCUT2D eigenvalue weighted by molar-refractivity contribution is 7.07. The number of benzene rings is 2. The van der Waals surface area contributed by atoms with Crippen molar-refractivity contribution < 1.29 is 4.92 Å². The van der Waals surface area contributed by atoms with Crippen molar-refractivity contribution in [3.05, 3.63) is 74.9 Å². The van der Waals surface area contributed by atoms with E-state index < -0.39 is 0 Å². The summed E-state index contributed by atoms with van der Waals surface area (Å²) in [6.45, 7) is 6.73. The molecule has 0 saturated heterocycles. The molecule has 0 spiro atoms. The second-order valence-electron chi connectivity index (χ2n) is 7.70. The summed E-state index contributed by atoms with van der Waals surface area (Å²) in [7, 11) is 0. The van der Waals surface area contributed by atoms with Crippen LogP contribution in [-0.4, -0.2) is 9.49 Å². The number of hydrogen-bond donors (Lipinski definition) is 0. The second-order valence-corrected chi connectivity index (χ2v) is 8.54. The van der Waals surface area contributed by atoms with Gasteiger partial charge in [0.15, 0.2) is 4.80 Å². The first-order valence-corrected chi connectivity index (χ1v) is 10.9. The summed E-state index contributed by atoms with van der Waals surface area (Å²) in [5.74, 6) is 0.692. The summed E-state index contributed by atoms with van der Waals surface area (Å²) >= 11 is 1.61. The maximum Gasteiger partial charge on any atom is 0.269 e. The van der Waals surface area contributed by atoms with E-state index in [-0.39, 0.29) is 16.7 Å². The number of hydrogen-bond acceptors (Lipinski definition) is 4. The van der Waals surface area contributed by atoms with Gasteiger partial charge in [0.1, 0.15) is 0 Å². The molecule has 3 rings (SSSR count). The average molecular weight is 410 g/mol. The molecule has 1 atom stereocenters. The zero-order valence-electron chi connectivity index (χ0n) is 17.1. The number of aromatic nitrogens is 1. The molecule has 5 nitrogen and oxygen atoms in total. The lowest BCUT2D eigenvalue weighted by Crippen LogP contribution is -2.20. The van der Waals surface area contributed by atoms with Crippen LogP contribution in [0, 0.1) is 16.0 Å². The van der Waals surface area contributed by atoms with Gasteiger partial charge < -0.3 is 4.57 Å². The molecule has 1 unspecified atom stereocenters. The fraction of sp³-hybridized carbons (Fsp3) is 0.348. The Labute approximate surface area is 175 Å². The van der Waals surface area contributed by atoms with Gasteiger partial charge in [0.25, 0.3) is 5.69 Å². The van der Waals surface area contributed by atoms with Crippen LogP contribution < -0.4 is 4.80 Å². The maximum absolute atomic E-state index is 11.0. The lowest BCUT2D eigenvalue weighted by atomic mass is 10.0. The van der Waals surface area contributed by atoms with Crippen molar-refractivity contribution in [2.24, 2.45) is 10.9 Å². The molecule has 0 amide bonds. The van der Waals surface area contributed by atoms with Crippen LogP contribution in [0.5, 0.6) is 0 Å². The number of non-ortho nitro benzene ring substituents is 1. The molecule has 0 aliphatic heterocycles. The third-order valence-corrected chi connectivity index (χ3v) is 5.78. The Morgan fingerprint density at radius 3 is 2.34 bits per heavy atom. The Balaban J connectivity index is 2.01. The number of para-hydroxylation sites is 1. The Hall–Kier alpha value is -2.73. The molecule has 0 aliphatic rings. The lowest BCUT2D eigenvalue weighted by molar-refractivity contribution is -0.384. The summed E-state index contributed by atoms with van der Waals surface area (Å²) in [6.07, 6.45) is 3.43. The van der Waals surface area contributed by atoms with Crippen molar-refractivity contribution in [1.82, 2.24) is 4.57 Å². The first-order valence-electron chi connectivity index (χ1n) is 10.0. The summed E-state index contributed by atoms with van der Waals surface area (Å²) in [5.41, 5.74) is 3.05. The fourth-order valence-corrected chi connectivity index (χ4v) is 4.37. The zero-order chi connectivity index (χ0) is 20.8. The maximum atomic E-state index is 11.0. The standard InChI is InChI=1S/C23H27N3O2S/c1-17(2)8-7-9-18(3)25-22(19-12-14-21(15-13-19)26(27)28)16-29-23(25)24-20-10-5-4-6-11-20/h4-6,10-18H,7-9H2,1-3H3. The molecule has 29 heavy (non-hydrogen) atoms. The molecule has 0 fully saturated rings. The number of nitrogens with zero attached hydrogens (tertiary/aromatic N) is 3. The van der Waals surface area contributed by atoms with Crippen LogP contribution >= 0.6 is 11.3 Å². The number of nitro benzene ring substituents is 1. The first kappa shape index (κ1) is 21.0. The minimum absolute atomic E-state index is 0.106. The molecule has 6 heteroatoms. The van der Waals surface area contributed by atoms with E-state index in [1.54, 1.807) is 23.5 Å². The molecule has 3 aromatic rings. The van der Waals surface area contributed by atoms with E-state index >= 15 is 0 Å². The molecule has 1 heterocycles. The topological polar surface area (TPSA) is 60.4 Å². The summed E-state index contributed by atoms with van der Waals surface area (Å²) in [6, 6.07) is 17.0. The molecule has 0 radical (unpaired) electrons. The zero-order valence-corrected chi connectivity index (χ0v) is 17.9. The van der Waals surface area contributed by atoms with E-state index in [9.17, 15) is 10.1 Å². The molecular weight excluding hydrogens is 382 g/mol. The van der Waals surface area contributed by atoms with E-state index in [0.717, 1.165) is 34.6 Å². The normalized spacial score (nSPS) is 13.0. The smallest absolute Gasteiger partial charge is 0.269 e. The third-order valence-electron chi connectivity index (χ3n) is 4.94. The highest BCUT2D eigenvalue weighted by Crippen LogP contribution is 2.28. The van der Waals surface area contributed by atoms with Crippen LogP contribution in [0.1, 0.15) is 46.1 Å². The lowest BCUT2D eigenvalue weighted by Gasteiger charge is -2.18. The number of nitro groups is 1. The molecular formula is C23H27N3O2S. The Morgan fingerprint density at radius 1 is 1.03 bits per heavy atom. The Morgan fingerprint density at radius 2 is 1.72 bits per heavy atom. The van der Waals surface area contributed by atoms with Crippen LogP contribution in [0.2, 0.25) is 0 Å². The minimum atomic E-state index is -0.365. The van der Waals surface area contributed by atoms with Crippen molar-refractivity contribution in [2.75, 3.05) is 0 Å². The third kappa shape index (κ3) is 5.41. The van der Waals surface area contributed by atoms with Crippen molar-refractivity contribution in [3.8, 4) is 11.3 Å². The van der Waals surface area contributed by atoms with Crippen LogP contribution in [0.4, 0.5) is 11.4 Å². The van der Waals surface area contributed by atoms with E-state index in [2.05, 4.69) is 30.7 Å². The first-order chi connectivity index (χ1) is 14.0. The van der Waals surface area contributed by atoms with E-state index in [0.29, 0.717) is 5.92 Å². The molecule has 2 aromatic carbocycles.